The van der Waals surface area contributed by atoms with E-state index in [2.05, 4.69) is 11.8 Å². The third-order valence-electron chi connectivity index (χ3n) is 2.02. The first kappa shape index (κ1) is 13.4. The normalized spacial score (nSPS) is 9.35. The van der Waals surface area contributed by atoms with Crippen molar-refractivity contribution in [3.63, 3.8) is 0 Å². The molecule has 0 aliphatic heterocycles. The molecule has 1 aromatic carbocycles. The Morgan fingerprint density at radius 2 is 2.24 bits per heavy atom. The number of phenols is 1. The number of rotatable bonds is 2. The van der Waals surface area contributed by atoms with Gasteiger partial charge >= 0.3 is 5.97 Å². The Balaban J connectivity index is 2.76. The maximum absolute atomic E-state index is 11.0. The van der Waals surface area contributed by atoms with Gasteiger partial charge in [0.2, 0.25) is 0 Å². The van der Waals surface area contributed by atoms with Crippen LogP contribution in [0.25, 0.3) is 0 Å². The van der Waals surface area contributed by atoms with Crippen LogP contribution in [-0.4, -0.2) is 17.7 Å². The summed E-state index contributed by atoms with van der Waals surface area (Å²) in [5.74, 6) is 5.20. The summed E-state index contributed by atoms with van der Waals surface area (Å²) >= 11 is 5.80. The number of hydrogen-bond acceptors (Lipinski definition) is 3. The highest BCUT2D eigenvalue weighted by atomic mass is 35.5. The zero-order chi connectivity index (χ0) is 12.8. The third-order valence-corrected chi connectivity index (χ3v) is 2.31. The van der Waals surface area contributed by atoms with Crippen molar-refractivity contribution in [2.24, 2.45) is 0 Å². The van der Waals surface area contributed by atoms with Gasteiger partial charge in [0.1, 0.15) is 12.2 Å². The molecule has 0 radical (unpaired) electrons. The van der Waals surface area contributed by atoms with Gasteiger partial charge in [-0.25, -0.2) is 0 Å². The summed E-state index contributed by atoms with van der Waals surface area (Å²) in [7, 11) is 0. The van der Waals surface area contributed by atoms with E-state index in [1.807, 2.05) is 0 Å². The molecular formula is C13H13ClO3. The minimum absolute atomic E-state index is 0.0470. The summed E-state index contributed by atoms with van der Waals surface area (Å²) in [4.78, 5) is 11.0. The number of benzene rings is 1. The Bertz CT molecular complexity index is 460. The van der Waals surface area contributed by atoms with Crippen molar-refractivity contribution in [3.8, 4) is 17.6 Å². The molecule has 0 unspecified atom stereocenters. The quantitative estimate of drug-likeness (QED) is 0.650. The van der Waals surface area contributed by atoms with E-state index in [0.29, 0.717) is 17.7 Å². The molecule has 0 saturated heterocycles. The molecule has 0 spiro atoms. The predicted octanol–water partition coefficient (Wildman–Crippen LogP) is 2.66. The highest BCUT2D eigenvalue weighted by Gasteiger charge is 2.03. The van der Waals surface area contributed by atoms with Crippen molar-refractivity contribution in [2.75, 3.05) is 6.61 Å². The molecule has 1 N–H and O–H groups in total. The molecule has 0 amide bonds. The second-order valence-electron chi connectivity index (χ2n) is 3.41. The second kappa shape index (κ2) is 6.17. The molecule has 17 heavy (non-hydrogen) atoms. The van der Waals surface area contributed by atoms with Gasteiger partial charge in [-0.2, -0.15) is 0 Å². The topological polar surface area (TPSA) is 46.5 Å². The van der Waals surface area contributed by atoms with Crippen LogP contribution >= 0.6 is 11.6 Å². The molecule has 3 nitrogen and oxygen atoms in total. The Morgan fingerprint density at radius 1 is 1.53 bits per heavy atom. The van der Waals surface area contributed by atoms with Crippen LogP contribution in [0.2, 0.25) is 5.02 Å². The van der Waals surface area contributed by atoms with Crippen molar-refractivity contribution in [1.82, 2.24) is 0 Å². The van der Waals surface area contributed by atoms with Crippen molar-refractivity contribution in [3.05, 3.63) is 28.3 Å². The Kier molecular flexibility index (Phi) is 4.86. The average molecular weight is 253 g/mol. The molecule has 90 valence electrons. The number of aromatic hydroxyl groups is 1. The van der Waals surface area contributed by atoms with E-state index in [4.69, 9.17) is 16.3 Å². The first-order chi connectivity index (χ1) is 8.04. The monoisotopic (exact) mass is 252 g/mol. The van der Waals surface area contributed by atoms with Crippen LogP contribution in [0, 0.1) is 18.8 Å². The average Bonchev–Trinajstić information content (AvgIpc) is 2.26. The zero-order valence-electron chi connectivity index (χ0n) is 9.71. The van der Waals surface area contributed by atoms with Gasteiger partial charge < -0.3 is 9.84 Å². The molecule has 0 bridgehead atoms. The molecule has 0 aromatic heterocycles. The molecule has 4 heteroatoms. The highest BCUT2D eigenvalue weighted by Crippen LogP contribution is 2.27. The fourth-order valence-electron chi connectivity index (χ4n) is 1.24. The molecule has 0 fully saturated rings. The van der Waals surface area contributed by atoms with Crippen molar-refractivity contribution in [2.45, 2.75) is 20.3 Å². The summed E-state index contributed by atoms with van der Waals surface area (Å²) in [5.41, 5.74) is 1.31. The van der Waals surface area contributed by atoms with Gasteiger partial charge in [0.15, 0.2) is 0 Å². The minimum atomic E-state index is -0.346. The maximum atomic E-state index is 11.0. The summed E-state index contributed by atoms with van der Waals surface area (Å²) in [5, 5.41) is 9.72. The van der Waals surface area contributed by atoms with Crippen LogP contribution in [0.15, 0.2) is 12.1 Å². The standard InChI is InChI=1S/C13H13ClO3/c1-3-17-12(15)6-4-5-10-7-9(2)13(16)11(14)8-10/h7-8,16H,3,6H2,1-2H3. The van der Waals surface area contributed by atoms with E-state index in [1.54, 1.807) is 26.0 Å². The molecule has 1 rings (SSSR count). The van der Waals surface area contributed by atoms with E-state index < -0.39 is 0 Å². The summed E-state index contributed by atoms with van der Waals surface area (Å²) < 4.78 is 4.74. The molecule has 1 aromatic rings. The van der Waals surface area contributed by atoms with Crippen LogP contribution < -0.4 is 0 Å². The van der Waals surface area contributed by atoms with Gasteiger partial charge in [-0.3, -0.25) is 4.79 Å². The first-order valence-corrected chi connectivity index (χ1v) is 5.56. The zero-order valence-corrected chi connectivity index (χ0v) is 10.5. The summed E-state index contributed by atoms with van der Waals surface area (Å²) in [6, 6.07) is 3.27. The van der Waals surface area contributed by atoms with Crippen LogP contribution in [-0.2, 0) is 9.53 Å². The van der Waals surface area contributed by atoms with E-state index >= 15 is 0 Å². The number of ether oxygens (including phenoxy) is 1. The highest BCUT2D eigenvalue weighted by molar-refractivity contribution is 6.32. The maximum Gasteiger partial charge on any atom is 0.317 e. The van der Waals surface area contributed by atoms with E-state index in [-0.39, 0.29) is 23.2 Å². The summed E-state index contributed by atoms with van der Waals surface area (Å²) in [6.07, 6.45) is 0.0470. The largest absolute Gasteiger partial charge is 0.506 e. The Morgan fingerprint density at radius 3 is 2.82 bits per heavy atom. The fourth-order valence-corrected chi connectivity index (χ4v) is 1.51. The summed E-state index contributed by atoms with van der Waals surface area (Å²) in [6.45, 7) is 3.83. The van der Waals surface area contributed by atoms with Crippen LogP contribution in [0.4, 0.5) is 0 Å². The molecule has 0 saturated carbocycles. The first-order valence-electron chi connectivity index (χ1n) is 5.18. The number of aryl methyl sites for hydroxylation is 1. The van der Waals surface area contributed by atoms with E-state index in [9.17, 15) is 9.90 Å². The molecule has 0 aliphatic carbocycles. The molecule has 0 heterocycles. The SMILES string of the molecule is CCOC(=O)CC#Cc1cc(C)c(O)c(Cl)c1. The van der Waals surface area contributed by atoms with Gasteiger partial charge in [0.25, 0.3) is 0 Å². The fraction of sp³-hybridized carbons (Fsp3) is 0.308. The molecule has 0 aliphatic rings. The number of carbonyl (C=O) groups is 1. The number of carbonyl (C=O) groups excluding carboxylic acids is 1. The second-order valence-corrected chi connectivity index (χ2v) is 3.81. The van der Waals surface area contributed by atoms with Gasteiger partial charge in [-0.05, 0) is 31.5 Å². The Hall–Kier alpha value is -1.66. The third kappa shape index (κ3) is 4.01. The van der Waals surface area contributed by atoms with Crippen LogP contribution in [0.5, 0.6) is 5.75 Å². The predicted molar refractivity (Wildman–Crippen MR) is 66.0 cm³/mol. The van der Waals surface area contributed by atoms with Gasteiger partial charge in [-0.15, -0.1) is 0 Å². The van der Waals surface area contributed by atoms with Crippen molar-refractivity contribution < 1.29 is 14.6 Å². The van der Waals surface area contributed by atoms with Crippen molar-refractivity contribution >= 4 is 17.6 Å². The number of hydrogen-bond donors (Lipinski definition) is 1. The molecular weight excluding hydrogens is 240 g/mol. The van der Waals surface area contributed by atoms with Gasteiger partial charge in [-0.1, -0.05) is 23.4 Å². The number of esters is 1. The Labute approximate surface area is 105 Å². The number of phenolic OH excluding ortho intramolecular Hbond substituents is 1. The lowest BCUT2D eigenvalue weighted by molar-refractivity contribution is -0.141. The lowest BCUT2D eigenvalue weighted by atomic mass is 10.1. The van der Waals surface area contributed by atoms with Gasteiger partial charge in [0, 0.05) is 5.56 Å². The van der Waals surface area contributed by atoms with Crippen molar-refractivity contribution in [1.29, 1.82) is 0 Å². The van der Waals surface area contributed by atoms with Crippen LogP contribution in [0.3, 0.4) is 0 Å². The van der Waals surface area contributed by atoms with E-state index in [0.717, 1.165) is 0 Å². The van der Waals surface area contributed by atoms with Crippen LogP contribution in [0.1, 0.15) is 24.5 Å². The minimum Gasteiger partial charge on any atom is -0.506 e. The smallest absolute Gasteiger partial charge is 0.317 e. The lowest BCUT2D eigenvalue weighted by Gasteiger charge is -2.01. The van der Waals surface area contributed by atoms with Gasteiger partial charge in [0.05, 0.1) is 11.6 Å². The number of halogens is 1. The molecule has 0 atom stereocenters. The lowest BCUT2D eigenvalue weighted by Crippen LogP contribution is -2.01. The van der Waals surface area contributed by atoms with E-state index in [1.165, 1.54) is 0 Å².